The largest absolute Gasteiger partial charge is 0.495 e. The van der Waals surface area contributed by atoms with Gasteiger partial charge in [0, 0.05) is 32.5 Å². The number of nitrogens with two attached hydrogens (primary N) is 2. The lowest BCUT2D eigenvalue weighted by Gasteiger charge is -2.32. The molecule has 0 radical (unpaired) electrons. The predicted molar refractivity (Wildman–Crippen MR) is 173 cm³/mol. The van der Waals surface area contributed by atoms with Crippen molar-refractivity contribution in [3.05, 3.63) is 70.0 Å². The smallest absolute Gasteiger partial charge is 0.390 e. The van der Waals surface area contributed by atoms with E-state index in [1.165, 1.54) is 24.8 Å². The third-order valence-corrected chi connectivity index (χ3v) is 7.88. The molecule has 0 spiro atoms. The Hall–Kier alpha value is -5.32. The number of hydrogen-bond donors (Lipinski definition) is 4. The Kier molecular flexibility index (Phi) is 11.5. The van der Waals surface area contributed by atoms with Crippen LogP contribution in [0, 0.1) is 0 Å². The first-order valence-corrected chi connectivity index (χ1v) is 15.1. The number of nitrogens with one attached hydrogen (secondary N) is 2. The average molecular weight is 671 g/mol. The molecule has 1 aliphatic rings. The third-order valence-electron chi connectivity index (χ3n) is 7.88. The summed E-state index contributed by atoms with van der Waals surface area (Å²) in [5.74, 6) is -0.0978. The van der Waals surface area contributed by atoms with Gasteiger partial charge in [0.25, 0.3) is 11.8 Å². The molecule has 14 nitrogen and oxygen atoms in total. The van der Waals surface area contributed by atoms with E-state index in [0.717, 1.165) is 18.4 Å². The number of pyridine rings is 1. The van der Waals surface area contributed by atoms with E-state index >= 15 is 0 Å². The lowest BCUT2D eigenvalue weighted by Crippen LogP contribution is -2.35. The second kappa shape index (κ2) is 15.5. The molecule has 1 saturated heterocycles. The maximum atomic E-state index is 12.9. The highest BCUT2D eigenvalue weighted by Crippen LogP contribution is 2.35. The molecule has 4 heterocycles. The van der Waals surface area contributed by atoms with Gasteiger partial charge in [-0.2, -0.15) is 18.2 Å². The normalized spacial score (nSPS) is 13.8. The molecule has 48 heavy (non-hydrogen) atoms. The molecule has 17 heteroatoms. The van der Waals surface area contributed by atoms with Gasteiger partial charge >= 0.3 is 6.18 Å². The van der Waals surface area contributed by atoms with Crippen LogP contribution in [0.4, 0.5) is 30.6 Å². The van der Waals surface area contributed by atoms with Crippen LogP contribution in [0.15, 0.2) is 47.8 Å². The number of hydrogen-bond acceptors (Lipinski definition) is 11. The molecule has 0 bridgehead atoms. The number of piperidine rings is 1. The first-order valence-electron chi connectivity index (χ1n) is 15.1. The van der Waals surface area contributed by atoms with Crippen molar-refractivity contribution in [2.75, 3.05) is 44.4 Å². The van der Waals surface area contributed by atoms with Gasteiger partial charge in [-0.1, -0.05) is 6.07 Å². The summed E-state index contributed by atoms with van der Waals surface area (Å²) in [4.78, 5) is 53.1. The number of fused-ring (bicyclic) bond motifs is 1. The molecule has 256 valence electrons. The number of methoxy groups -OCH3 is 1. The average Bonchev–Trinajstić information content (AvgIpc) is 3.07. The van der Waals surface area contributed by atoms with E-state index in [4.69, 9.17) is 16.2 Å². The molecule has 4 aromatic rings. The van der Waals surface area contributed by atoms with E-state index in [1.54, 1.807) is 18.7 Å². The lowest BCUT2D eigenvalue weighted by atomic mass is 9.89. The van der Waals surface area contributed by atoms with Gasteiger partial charge in [0.15, 0.2) is 5.65 Å². The number of primary amides is 2. The van der Waals surface area contributed by atoms with Gasteiger partial charge in [0.1, 0.15) is 29.2 Å². The standard InChI is InChI=1S/C26H32F3N7O3.C5H5N3O/c1-4-36-23-17(21(37)20(22(30)38)24(36)31-2)14-32-25(34-23)33-18-6-5-16(13-19(18)39-3)15-7-10-35(11-8-15)12-9-26(27,28)29;6-5(9)4-1-2-7-3-8-4/h5-6,13-15,31H,4,7-12H2,1-3H3,(H2,30,38)(H,32,33,34);1-3H,(H2,6,9). The fourth-order valence-electron chi connectivity index (χ4n) is 5.48. The van der Waals surface area contributed by atoms with Crippen LogP contribution in [0.5, 0.6) is 5.75 Å². The number of carbonyl (C=O) groups excluding carboxylic acids is 2. The number of halogens is 3. The summed E-state index contributed by atoms with van der Waals surface area (Å²) in [7, 11) is 3.14. The number of anilines is 3. The van der Waals surface area contributed by atoms with Gasteiger partial charge in [-0.05, 0) is 62.5 Å². The number of likely N-dealkylation sites (tertiary alicyclic amines) is 1. The Labute approximate surface area is 273 Å². The highest BCUT2D eigenvalue weighted by atomic mass is 19.4. The molecule has 0 saturated carbocycles. The number of rotatable bonds is 10. The van der Waals surface area contributed by atoms with Crippen LogP contribution in [0.3, 0.4) is 0 Å². The predicted octanol–water partition coefficient (Wildman–Crippen LogP) is 3.41. The van der Waals surface area contributed by atoms with Crippen molar-refractivity contribution in [2.24, 2.45) is 11.5 Å². The van der Waals surface area contributed by atoms with E-state index in [2.05, 4.69) is 30.6 Å². The zero-order valence-corrected chi connectivity index (χ0v) is 26.7. The number of ether oxygens (including phenoxy) is 1. The zero-order chi connectivity index (χ0) is 35.0. The Morgan fingerprint density at radius 1 is 1.10 bits per heavy atom. The van der Waals surface area contributed by atoms with Crippen molar-refractivity contribution in [3.8, 4) is 5.75 Å². The van der Waals surface area contributed by atoms with Crippen molar-refractivity contribution >= 4 is 40.3 Å². The van der Waals surface area contributed by atoms with E-state index in [0.29, 0.717) is 36.7 Å². The van der Waals surface area contributed by atoms with Gasteiger partial charge in [0.2, 0.25) is 11.4 Å². The molecule has 1 aliphatic heterocycles. The van der Waals surface area contributed by atoms with Crippen LogP contribution in [-0.4, -0.2) is 81.2 Å². The molecule has 6 N–H and O–H groups in total. The number of amides is 2. The summed E-state index contributed by atoms with van der Waals surface area (Å²) < 4.78 is 44.9. The Morgan fingerprint density at radius 3 is 2.38 bits per heavy atom. The Morgan fingerprint density at radius 2 is 1.83 bits per heavy atom. The molecule has 0 aliphatic carbocycles. The Balaban J connectivity index is 0.000000500. The monoisotopic (exact) mass is 670 g/mol. The van der Waals surface area contributed by atoms with Crippen LogP contribution >= 0.6 is 0 Å². The zero-order valence-electron chi connectivity index (χ0n) is 26.7. The number of alkyl halides is 3. The van der Waals surface area contributed by atoms with Crippen molar-refractivity contribution in [1.82, 2.24) is 29.4 Å². The van der Waals surface area contributed by atoms with Crippen molar-refractivity contribution in [3.63, 3.8) is 0 Å². The third kappa shape index (κ3) is 8.52. The minimum atomic E-state index is -4.14. The SMILES string of the molecule is CCn1c(NC)c(C(N)=O)c(=O)c2cnc(Nc3ccc(C4CCN(CCC(F)(F)F)CC4)cc3OC)nc21.NC(=O)c1ccncn1. The van der Waals surface area contributed by atoms with Crippen LogP contribution in [-0.2, 0) is 6.54 Å². The maximum absolute atomic E-state index is 12.9. The summed E-state index contributed by atoms with van der Waals surface area (Å²) in [6, 6.07) is 7.18. The van der Waals surface area contributed by atoms with Crippen LogP contribution in [0.25, 0.3) is 11.0 Å². The minimum Gasteiger partial charge on any atom is -0.495 e. The highest BCUT2D eigenvalue weighted by molar-refractivity contribution is 6.01. The van der Waals surface area contributed by atoms with Crippen LogP contribution < -0.4 is 32.3 Å². The molecule has 1 fully saturated rings. The number of nitrogens with zero attached hydrogens (tertiary/aromatic N) is 6. The topological polar surface area (TPSA) is 196 Å². The highest BCUT2D eigenvalue weighted by Gasteiger charge is 2.29. The molecule has 1 aromatic carbocycles. The van der Waals surface area contributed by atoms with Crippen molar-refractivity contribution < 1.29 is 27.5 Å². The summed E-state index contributed by atoms with van der Waals surface area (Å²) >= 11 is 0. The van der Waals surface area contributed by atoms with Crippen molar-refractivity contribution in [2.45, 2.75) is 44.8 Å². The summed E-state index contributed by atoms with van der Waals surface area (Å²) in [6.07, 6.45) is 0.692. The summed E-state index contributed by atoms with van der Waals surface area (Å²) in [6.45, 7) is 3.52. The minimum absolute atomic E-state index is 0.0275. The second-order valence-electron chi connectivity index (χ2n) is 10.9. The van der Waals surface area contributed by atoms with Crippen LogP contribution in [0.2, 0.25) is 0 Å². The Bertz CT molecular complexity index is 1810. The fraction of sp³-hybridized carbons (Fsp3) is 0.387. The fourth-order valence-corrected chi connectivity index (χ4v) is 5.48. The number of aryl methyl sites for hydroxylation is 1. The van der Waals surface area contributed by atoms with Gasteiger partial charge in [-0.15, -0.1) is 0 Å². The second-order valence-corrected chi connectivity index (χ2v) is 10.9. The van der Waals surface area contributed by atoms with E-state index in [9.17, 15) is 27.6 Å². The molecular weight excluding hydrogens is 633 g/mol. The molecule has 5 rings (SSSR count). The number of benzene rings is 1. The van der Waals surface area contributed by atoms with Gasteiger partial charge in [-0.3, -0.25) is 14.4 Å². The summed E-state index contributed by atoms with van der Waals surface area (Å²) in [5.41, 5.74) is 11.9. The van der Waals surface area contributed by atoms with Gasteiger partial charge < -0.3 is 36.3 Å². The van der Waals surface area contributed by atoms with E-state index in [-0.39, 0.29) is 40.9 Å². The number of aromatic nitrogens is 5. The molecule has 3 aromatic heterocycles. The van der Waals surface area contributed by atoms with Crippen LogP contribution in [0.1, 0.15) is 58.5 Å². The maximum Gasteiger partial charge on any atom is 0.390 e. The summed E-state index contributed by atoms with van der Waals surface area (Å²) in [5, 5.41) is 6.18. The molecule has 0 atom stereocenters. The van der Waals surface area contributed by atoms with Crippen molar-refractivity contribution in [1.29, 1.82) is 0 Å². The quantitative estimate of drug-likeness (QED) is 0.193. The number of carbonyl (C=O) groups is 2. The van der Waals surface area contributed by atoms with E-state index in [1.807, 2.05) is 30.0 Å². The van der Waals surface area contributed by atoms with Gasteiger partial charge in [0.05, 0.1) is 24.6 Å². The molecule has 0 unspecified atom stereocenters. The molecule has 2 amide bonds. The molecular formula is C31H37F3N10O4. The van der Waals surface area contributed by atoms with Gasteiger partial charge in [-0.25, -0.2) is 15.0 Å². The first kappa shape index (κ1) is 35.5. The first-order chi connectivity index (χ1) is 22.9. The lowest BCUT2D eigenvalue weighted by molar-refractivity contribution is -0.138. The van der Waals surface area contributed by atoms with E-state index < -0.39 is 29.8 Å².